The van der Waals surface area contributed by atoms with E-state index in [-0.39, 0.29) is 0 Å². The molecule has 13 heavy (non-hydrogen) atoms. The first-order chi connectivity index (χ1) is 6.22. The third-order valence-corrected chi connectivity index (χ3v) is 3.68. The van der Waals surface area contributed by atoms with Gasteiger partial charge in [0.25, 0.3) is 0 Å². The number of likely N-dealkylation sites (tertiary alicyclic amines) is 2. The quantitative estimate of drug-likeness (QED) is 0.689. The second-order valence-corrected chi connectivity index (χ2v) is 5.11. The van der Waals surface area contributed by atoms with Gasteiger partial charge in [-0.1, -0.05) is 6.92 Å². The summed E-state index contributed by atoms with van der Waals surface area (Å²) >= 11 is 4.52. The van der Waals surface area contributed by atoms with Crippen LogP contribution in [0.2, 0.25) is 0 Å². The Morgan fingerprint density at radius 2 is 2.15 bits per heavy atom. The second kappa shape index (κ2) is 3.79. The first-order valence-corrected chi connectivity index (χ1v) is 5.92. The Morgan fingerprint density at radius 1 is 1.38 bits per heavy atom. The molecule has 2 nitrogen and oxygen atoms in total. The lowest BCUT2D eigenvalue weighted by molar-refractivity contribution is 0.125. The molecule has 0 aliphatic carbocycles. The molecule has 0 radical (unpaired) electrons. The second-order valence-electron chi connectivity index (χ2n) is 4.37. The predicted molar refractivity (Wildman–Crippen MR) is 59.2 cm³/mol. The standard InChI is InChI=1S/C10H20N2S/c1-3-4-11-6-10-5-9(11)7-12(10)8(2)13/h8-10,13H,3-7H2,1-2H3/t8?,9-,10-/m1/s1. The summed E-state index contributed by atoms with van der Waals surface area (Å²) in [6.45, 7) is 8.27. The number of hydrogen-bond acceptors (Lipinski definition) is 3. The van der Waals surface area contributed by atoms with Gasteiger partial charge in [0.2, 0.25) is 0 Å². The molecule has 3 heteroatoms. The summed E-state index contributed by atoms with van der Waals surface area (Å²) in [5, 5.41) is 0.443. The lowest BCUT2D eigenvalue weighted by atomic mass is 10.2. The molecule has 2 rings (SSSR count). The molecule has 76 valence electrons. The highest BCUT2D eigenvalue weighted by atomic mass is 32.1. The zero-order valence-corrected chi connectivity index (χ0v) is 9.50. The summed E-state index contributed by atoms with van der Waals surface area (Å²) in [5.41, 5.74) is 0. The van der Waals surface area contributed by atoms with Crippen molar-refractivity contribution in [2.24, 2.45) is 0 Å². The van der Waals surface area contributed by atoms with Crippen molar-refractivity contribution in [3.05, 3.63) is 0 Å². The summed E-state index contributed by atoms with van der Waals surface area (Å²) in [7, 11) is 0. The van der Waals surface area contributed by atoms with Gasteiger partial charge in [-0.3, -0.25) is 9.80 Å². The highest BCUT2D eigenvalue weighted by molar-refractivity contribution is 7.80. The number of rotatable bonds is 3. The van der Waals surface area contributed by atoms with Crippen molar-refractivity contribution in [2.75, 3.05) is 19.6 Å². The summed E-state index contributed by atoms with van der Waals surface area (Å²) in [6, 6.07) is 1.63. The molecule has 0 aromatic heterocycles. The fraction of sp³-hybridized carbons (Fsp3) is 1.00. The SMILES string of the molecule is CCCN1C[C@H]2C[C@@H]1CN2C(C)S. The van der Waals surface area contributed by atoms with Gasteiger partial charge in [0.15, 0.2) is 0 Å². The summed E-state index contributed by atoms with van der Waals surface area (Å²) in [4.78, 5) is 5.19. The van der Waals surface area contributed by atoms with E-state index in [1.165, 1.54) is 32.5 Å². The van der Waals surface area contributed by atoms with Gasteiger partial charge in [-0.25, -0.2) is 0 Å². The maximum Gasteiger partial charge on any atom is 0.0503 e. The Morgan fingerprint density at radius 3 is 2.62 bits per heavy atom. The van der Waals surface area contributed by atoms with E-state index in [0.717, 1.165) is 12.1 Å². The molecule has 2 saturated heterocycles. The zero-order chi connectivity index (χ0) is 9.42. The Bertz CT molecular complexity index is 184. The van der Waals surface area contributed by atoms with E-state index in [2.05, 4.69) is 36.3 Å². The molecule has 0 spiro atoms. The molecule has 3 atom stereocenters. The number of piperazine rings is 1. The van der Waals surface area contributed by atoms with Gasteiger partial charge in [0.1, 0.15) is 0 Å². The molecule has 0 saturated carbocycles. The van der Waals surface area contributed by atoms with Crippen LogP contribution >= 0.6 is 12.6 Å². The molecule has 2 bridgehead atoms. The van der Waals surface area contributed by atoms with Crippen LogP contribution in [-0.2, 0) is 0 Å². The van der Waals surface area contributed by atoms with Crippen molar-refractivity contribution in [2.45, 2.75) is 44.1 Å². The van der Waals surface area contributed by atoms with E-state index in [1.54, 1.807) is 0 Å². The molecular formula is C10H20N2S. The summed E-state index contributed by atoms with van der Waals surface area (Å²) < 4.78 is 0. The third kappa shape index (κ3) is 1.74. The Hall–Kier alpha value is 0.270. The molecule has 2 heterocycles. The molecule has 2 fully saturated rings. The van der Waals surface area contributed by atoms with Crippen LogP contribution in [0.4, 0.5) is 0 Å². The van der Waals surface area contributed by atoms with E-state index in [9.17, 15) is 0 Å². The molecule has 0 aromatic carbocycles. The minimum atomic E-state index is 0.443. The Balaban J connectivity index is 1.91. The van der Waals surface area contributed by atoms with Gasteiger partial charge in [0, 0.05) is 25.2 Å². The largest absolute Gasteiger partial charge is 0.298 e. The number of thiol groups is 1. The van der Waals surface area contributed by atoms with E-state index in [1.807, 2.05) is 0 Å². The van der Waals surface area contributed by atoms with Crippen molar-refractivity contribution in [1.29, 1.82) is 0 Å². The van der Waals surface area contributed by atoms with Crippen molar-refractivity contribution in [3.8, 4) is 0 Å². The van der Waals surface area contributed by atoms with Crippen molar-refractivity contribution in [1.82, 2.24) is 9.80 Å². The van der Waals surface area contributed by atoms with Gasteiger partial charge in [-0.15, -0.1) is 0 Å². The minimum absolute atomic E-state index is 0.443. The fourth-order valence-corrected chi connectivity index (χ4v) is 3.08. The van der Waals surface area contributed by atoms with Crippen LogP contribution < -0.4 is 0 Å². The average molecular weight is 200 g/mol. The molecule has 0 N–H and O–H groups in total. The van der Waals surface area contributed by atoms with E-state index < -0.39 is 0 Å². The lowest BCUT2D eigenvalue weighted by Crippen LogP contribution is -2.48. The van der Waals surface area contributed by atoms with Crippen molar-refractivity contribution in [3.63, 3.8) is 0 Å². The molecule has 2 aliphatic heterocycles. The average Bonchev–Trinajstić information content (AvgIpc) is 2.62. The molecule has 0 amide bonds. The van der Waals surface area contributed by atoms with E-state index in [0.29, 0.717) is 5.37 Å². The lowest BCUT2D eigenvalue weighted by Gasteiger charge is -2.35. The van der Waals surface area contributed by atoms with Crippen LogP contribution in [0, 0.1) is 0 Å². The minimum Gasteiger partial charge on any atom is -0.298 e. The maximum absolute atomic E-state index is 4.52. The summed E-state index contributed by atoms with van der Waals surface area (Å²) in [5.74, 6) is 0. The summed E-state index contributed by atoms with van der Waals surface area (Å²) in [6.07, 6.45) is 2.67. The van der Waals surface area contributed by atoms with E-state index in [4.69, 9.17) is 0 Å². The normalized spacial score (nSPS) is 37.2. The molecule has 1 unspecified atom stereocenters. The van der Waals surface area contributed by atoms with Crippen molar-refractivity contribution >= 4 is 12.6 Å². The first-order valence-electron chi connectivity index (χ1n) is 5.40. The highest BCUT2D eigenvalue weighted by Gasteiger charge is 2.43. The number of nitrogens with zero attached hydrogens (tertiary/aromatic N) is 2. The van der Waals surface area contributed by atoms with Crippen LogP contribution in [0.5, 0.6) is 0 Å². The third-order valence-electron chi connectivity index (χ3n) is 3.39. The van der Waals surface area contributed by atoms with Crippen molar-refractivity contribution < 1.29 is 0 Å². The maximum atomic E-state index is 4.52. The van der Waals surface area contributed by atoms with Gasteiger partial charge >= 0.3 is 0 Å². The Kier molecular flexibility index (Phi) is 2.86. The van der Waals surface area contributed by atoms with Gasteiger partial charge < -0.3 is 0 Å². The first kappa shape index (κ1) is 9.81. The molecular weight excluding hydrogens is 180 g/mol. The van der Waals surface area contributed by atoms with Gasteiger partial charge in [-0.2, -0.15) is 12.6 Å². The topological polar surface area (TPSA) is 6.48 Å². The van der Waals surface area contributed by atoms with Crippen LogP contribution in [0.25, 0.3) is 0 Å². The van der Waals surface area contributed by atoms with E-state index >= 15 is 0 Å². The smallest absolute Gasteiger partial charge is 0.0503 e. The zero-order valence-electron chi connectivity index (χ0n) is 8.61. The number of fused-ring (bicyclic) bond motifs is 2. The van der Waals surface area contributed by atoms with Crippen LogP contribution in [0.1, 0.15) is 26.7 Å². The molecule has 2 aliphatic rings. The highest BCUT2D eigenvalue weighted by Crippen LogP contribution is 2.32. The fourth-order valence-electron chi connectivity index (χ4n) is 2.80. The van der Waals surface area contributed by atoms with Crippen LogP contribution in [0.3, 0.4) is 0 Å². The number of hydrogen-bond donors (Lipinski definition) is 1. The van der Waals surface area contributed by atoms with Crippen LogP contribution in [-0.4, -0.2) is 46.9 Å². The van der Waals surface area contributed by atoms with Crippen LogP contribution in [0.15, 0.2) is 0 Å². The monoisotopic (exact) mass is 200 g/mol. The predicted octanol–water partition coefficient (Wildman–Crippen LogP) is 1.43. The van der Waals surface area contributed by atoms with Gasteiger partial charge in [-0.05, 0) is 26.3 Å². The Labute approximate surface area is 86.7 Å². The molecule has 0 aromatic rings. The van der Waals surface area contributed by atoms with Gasteiger partial charge in [0.05, 0.1) is 5.37 Å².